The fraction of sp³-hybridized carbons (Fsp3) is 0. The lowest BCUT2D eigenvalue weighted by atomic mass is 10.1. The predicted molar refractivity (Wildman–Crippen MR) is 91.6 cm³/mol. The molecule has 2 heterocycles. The van der Waals surface area contributed by atoms with Crippen molar-refractivity contribution in [3.63, 3.8) is 0 Å². The molecule has 0 fully saturated rings. The summed E-state index contributed by atoms with van der Waals surface area (Å²) in [4.78, 5) is 18.4. The van der Waals surface area contributed by atoms with E-state index in [2.05, 4.69) is 14.7 Å². The molecule has 1 aromatic carbocycles. The number of carbonyl (C=O) groups is 1. The first-order valence-corrected chi connectivity index (χ1v) is 8.77. The molecule has 0 atom stereocenters. The molecule has 132 valence electrons. The van der Waals surface area contributed by atoms with Crippen LogP contribution in [-0.4, -0.2) is 29.5 Å². The highest BCUT2D eigenvalue weighted by Gasteiger charge is 2.17. The number of aromatic carboxylic acids is 1. The third kappa shape index (κ3) is 3.67. The van der Waals surface area contributed by atoms with Gasteiger partial charge in [0.15, 0.2) is 0 Å². The van der Waals surface area contributed by atoms with E-state index in [0.29, 0.717) is 11.1 Å². The number of hydrogen-bond acceptors (Lipinski definition) is 5. The van der Waals surface area contributed by atoms with Crippen molar-refractivity contribution < 1.29 is 22.7 Å². The van der Waals surface area contributed by atoms with Crippen LogP contribution in [0.25, 0.3) is 11.1 Å². The highest BCUT2D eigenvalue weighted by molar-refractivity contribution is 7.92. The quantitative estimate of drug-likeness (QED) is 0.666. The number of hydrogen-bond donors (Lipinski definition) is 2. The minimum atomic E-state index is -4.00. The van der Waals surface area contributed by atoms with Gasteiger partial charge in [0.1, 0.15) is 5.69 Å². The van der Waals surface area contributed by atoms with Crippen molar-refractivity contribution in [3.8, 4) is 11.1 Å². The van der Waals surface area contributed by atoms with E-state index in [1.54, 1.807) is 18.2 Å². The topological polar surface area (TPSA) is 109 Å². The van der Waals surface area contributed by atoms with Gasteiger partial charge in [-0.3, -0.25) is 9.71 Å². The Hall–Kier alpha value is -3.33. The number of halogens is 1. The van der Waals surface area contributed by atoms with Gasteiger partial charge in [-0.15, -0.1) is 0 Å². The molecule has 0 bridgehead atoms. The number of nitrogens with one attached hydrogen (secondary N) is 1. The van der Waals surface area contributed by atoms with Crippen LogP contribution in [0.5, 0.6) is 0 Å². The smallest absolute Gasteiger partial charge is 0.337 e. The number of carboxylic acids is 1. The number of carboxylic acid groups (broad SMARTS) is 1. The van der Waals surface area contributed by atoms with Crippen LogP contribution >= 0.6 is 0 Å². The van der Waals surface area contributed by atoms with E-state index in [0.717, 1.165) is 6.20 Å². The monoisotopic (exact) mass is 373 g/mol. The molecule has 9 heteroatoms. The van der Waals surface area contributed by atoms with Crippen LogP contribution in [0.2, 0.25) is 0 Å². The molecule has 0 spiro atoms. The van der Waals surface area contributed by atoms with Crippen LogP contribution in [0, 0.1) is 5.95 Å². The number of nitrogens with zero attached hydrogens (tertiary/aromatic N) is 2. The minimum Gasteiger partial charge on any atom is -0.478 e. The van der Waals surface area contributed by atoms with E-state index >= 15 is 0 Å². The van der Waals surface area contributed by atoms with E-state index in [9.17, 15) is 17.6 Å². The van der Waals surface area contributed by atoms with Crippen molar-refractivity contribution in [1.82, 2.24) is 9.97 Å². The Morgan fingerprint density at radius 3 is 2.42 bits per heavy atom. The van der Waals surface area contributed by atoms with Gasteiger partial charge in [0.05, 0.1) is 10.5 Å². The number of aromatic nitrogens is 2. The second kappa shape index (κ2) is 6.89. The molecule has 3 aromatic rings. The summed E-state index contributed by atoms with van der Waals surface area (Å²) < 4.78 is 40.8. The third-order valence-electron chi connectivity index (χ3n) is 3.46. The highest BCUT2D eigenvalue weighted by atomic mass is 32.2. The lowest BCUT2D eigenvalue weighted by molar-refractivity contribution is 0.0696. The molecule has 0 aliphatic heterocycles. The molecular weight excluding hydrogens is 361 g/mol. The molecule has 0 amide bonds. The predicted octanol–water partition coefficient (Wildman–Crippen LogP) is 2.78. The summed E-state index contributed by atoms with van der Waals surface area (Å²) in [5, 5.41) is 9.03. The second-order valence-electron chi connectivity index (χ2n) is 5.25. The van der Waals surface area contributed by atoms with Crippen molar-refractivity contribution in [1.29, 1.82) is 0 Å². The molecule has 2 N–H and O–H groups in total. The Balaban J connectivity index is 1.99. The standard InChI is InChI=1S/C17H12FN3O4S/c18-16-15(21-26(24,25)14-4-2-1-3-5-14)7-12(10-20-16)11-6-13(17(22)23)9-19-8-11/h1-10,21H,(H,22,23). The van der Waals surface area contributed by atoms with Crippen LogP contribution in [-0.2, 0) is 10.0 Å². The van der Waals surface area contributed by atoms with Gasteiger partial charge in [-0.2, -0.15) is 4.39 Å². The molecular formula is C17H12FN3O4S. The summed E-state index contributed by atoms with van der Waals surface area (Å²) in [6.07, 6.45) is 3.71. The van der Waals surface area contributed by atoms with E-state index < -0.39 is 21.9 Å². The van der Waals surface area contributed by atoms with Crippen molar-refractivity contribution in [2.24, 2.45) is 0 Å². The lowest BCUT2D eigenvalue weighted by Gasteiger charge is -2.10. The van der Waals surface area contributed by atoms with Crippen LogP contribution < -0.4 is 4.72 Å². The summed E-state index contributed by atoms with van der Waals surface area (Å²) >= 11 is 0. The maximum Gasteiger partial charge on any atom is 0.337 e. The zero-order chi connectivity index (χ0) is 18.7. The first-order valence-electron chi connectivity index (χ1n) is 7.29. The summed E-state index contributed by atoms with van der Waals surface area (Å²) in [6.45, 7) is 0. The molecule has 3 rings (SSSR count). The summed E-state index contributed by atoms with van der Waals surface area (Å²) in [5.74, 6) is -2.17. The van der Waals surface area contributed by atoms with Crippen molar-refractivity contribution in [2.45, 2.75) is 4.90 Å². The molecule has 26 heavy (non-hydrogen) atoms. The Bertz CT molecular complexity index is 1070. The van der Waals surface area contributed by atoms with E-state index in [1.807, 2.05) is 0 Å². The van der Waals surface area contributed by atoms with Gasteiger partial charge in [0.2, 0.25) is 5.95 Å². The normalized spacial score (nSPS) is 11.1. The van der Waals surface area contributed by atoms with Gasteiger partial charge in [0, 0.05) is 29.7 Å². The van der Waals surface area contributed by atoms with Crippen LogP contribution in [0.4, 0.5) is 10.1 Å². The fourth-order valence-electron chi connectivity index (χ4n) is 2.20. The van der Waals surface area contributed by atoms with Crippen molar-refractivity contribution in [2.75, 3.05) is 4.72 Å². The highest BCUT2D eigenvalue weighted by Crippen LogP contribution is 2.25. The average molecular weight is 373 g/mol. The Kier molecular flexibility index (Phi) is 4.63. The number of rotatable bonds is 5. The minimum absolute atomic E-state index is 0.0284. The number of sulfonamides is 1. The summed E-state index contributed by atoms with van der Waals surface area (Å²) in [5.41, 5.74) is 0.260. The van der Waals surface area contributed by atoms with Crippen molar-refractivity contribution in [3.05, 3.63) is 72.6 Å². The zero-order valence-electron chi connectivity index (χ0n) is 13.1. The van der Waals surface area contributed by atoms with E-state index in [-0.39, 0.29) is 16.1 Å². The Labute approximate surface area is 148 Å². The summed E-state index contributed by atoms with van der Waals surface area (Å²) in [6, 6.07) is 10.1. The Morgan fingerprint density at radius 2 is 1.73 bits per heavy atom. The zero-order valence-corrected chi connectivity index (χ0v) is 13.9. The Morgan fingerprint density at radius 1 is 1.04 bits per heavy atom. The lowest BCUT2D eigenvalue weighted by Crippen LogP contribution is -2.14. The van der Waals surface area contributed by atoms with Gasteiger partial charge in [-0.05, 0) is 24.3 Å². The largest absolute Gasteiger partial charge is 0.478 e. The maximum atomic E-state index is 14.0. The SMILES string of the molecule is O=C(O)c1cncc(-c2cnc(F)c(NS(=O)(=O)c3ccccc3)c2)c1. The molecule has 0 saturated heterocycles. The second-order valence-corrected chi connectivity index (χ2v) is 6.93. The third-order valence-corrected chi connectivity index (χ3v) is 4.84. The van der Waals surface area contributed by atoms with Crippen LogP contribution in [0.15, 0.2) is 66.0 Å². The molecule has 0 unspecified atom stereocenters. The number of anilines is 1. The summed E-state index contributed by atoms with van der Waals surface area (Å²) in [7, 11) is -4.00. The molecule has 7 nitrogen and oxygen atoms in total. The first kappa shape index (κ1) is 17.5. The van der Waals surface area contributed by atoms with Crippen LogP contribution in [0.1, 0.15) is 10.4 Å². The molecule has 0 aliphatic carbocycles. The molecule has 0 saturated carbocycles. The van der Waals surface area contributed by atoms with Gasteiger partial charge >= 0.3 is 5.97 Å². The average Bonchev–Trinajstić information content (AvgIpc) is 2.64. The van der Waals surface area contributed by atoms with Gasteiger partial charge in [-0.1, -0.05) is 18.2 Å². The van der Waals surface area contributed by atoms with Gasteiger partial charge in [-0.25, -0.2) is 18.2 Å². The van der Waals surface area contributed by atoms with Gasteiger partial charge in [0.25, 0.3) is 10.0 Å². The number of pyridine rings is 2. The molecule has 2 aromatic heterocycles. The maximum absolute atomic E-state index is 14.0. The molecule has 0 radical (unpaired) electrons. The van der Waals surface area contributed by atoms with Crippen molar-refractivity contribution >= 4 is 21.7 Å². The first-order chi connectivity index (χ1) is 12.4. The molecule has 0 aliphatic rings. The van der Waals surface area contributed by atoms with E-state index in [1.165, 1.54) is 36.7 Å². The van der Waals surface area contributed by atoms with Crippen LogP contribution in [0.3, 0.4) is 0 Å². The van der Waals surface area contributed by atoms with Gasteiger partial charge < -0.3 is 5.11 Å². The number of benzene rings is 1. The van der Waals surface area contributed by atoms with E-state index in [4.69, 9.17) is 5.11 Å². The fourth-order valence-corrected chi connectivity index (χ4v) is 3.26.